The Kier molecular flexibility index (Phi) is 6.37. The van der Waals surface area contributed by atoms with Crippen LogP contribution in [-0.2, 0) is 4.79 Å². The lowest BCUT2D eigenvalue weighted by Gasteiger charge is -2.23. The molecule has 24 heavy (non-hydrogen) atoms. The molecule has 0 spiro atoms. The number of benzene rings is 2. The molecule has 2 aromatic carbocycles. The second-order valence-electron chi connectivity index (χ2n) is 5.11. The van der Waals surface area contributed by atoms with Crippen molar-refractivity contribution >= 4 is 33.4 Å². The van der Waals surface area contributed by atoms with E-state index in [0.717, 1.165) is 4.47 Å². The van der Waals surface area contributed by atoms with Crippen molar-refractivity contribution < 1.29 is 14.3 Å². The van der Waals surface area contributed by atoms with E-state index in [2.05, 4.69) is 21.2 Å². The zero-order chi connectivity index (χ0) is 17.5. The van der Waals surface area contributed by atoms with Crippen LogP contribution in [0.3, 0.4) is 0 Å². The third-order valence-corrected chi connectivity index (χ3v) is 4.01. The van der Waals surface area contributed by atoms with Crippen LogP contribution in [0.2, 0.25) is 0 Å². The molecule has 6 heteroatoms. The highest BCUT2D eigenvalue weighted by atomic mass is 79.9. The molecule has 0 aliphatic carbocycles. The lowest BCUT2D eigenvalue weighted by atomic mass is 10.2. The Hall–Kier alpha value is -2.34. The van der Waals surface area contributed by atoms with E-state index in [1.54, 1.807) is 30.2 Å². The van der Waals surface area contributed by atoms with E-state index in [1.165, 1.54) is 6.92 Å². The summed E-state index contributed by atoms with van der Waals surface area (Å²) in [7, 11) is 1.56. The van der Waals surface area contributed by atoms with Crippen LogP contribution in [0, 0.1) is 0 Å². The minimum absolute atomic E-state index is 0.114. The first-order chi connectivity index (χ1) is 11.5. The van der Waals surface area contributed by atoms with Gasteiger partial charge >= 0.3 is 0 Å². The molecule has 0 atom stereocenters. The smallest absolute Gasteiger partial charge is 0.251 e. The van der Waals surface area contributed by atoms with Crippen molar-refractivity contribution in [2.45, 2.75) is 6.92 Å². The van der Waals surface area contributed by atoms with Gasteiger partial charge in [-0.15, -0.1) is 0 Å². The Morgan fingerprint density at radius 1 is 1.12 bits per heavy atom. The van der Waals surface area contributed by atoms with Gasteiger partial charge in [0.2, 0.25) is 5.91 Å². The highest BCUT2D eigenvalue weighted by Gasteiger charge is 2.16. The predicted molar refractivity (Wildman–Crippen MR) is 97.5 cm³/mol. The van der Waals surface area contributed by atoms with Crippen molar-refractivity contribution in [2.75, 3.05) is 25.1 Å². The van der Waals surface area contributed by atoms with E-state index in [-0.39, 0.29) is 11.8 Å². The van der Waals surface area contributed by atoms with Crippen molar-refractivity contribution in [3.05, 3.63) is 58.6 Å². The van der Waals surface area contributed by atoms with Gasteiger partial charge in [-0.3, -0.25) is 9.59 Å². The van der Waals surface area contributed by atoms with E-state index in [9.17, 15) is 9.59 Å². The number of amides is 2. The summed E-state index contributed by atoms with van der Waals surface area (Å²) >= 11 is 3.33. The lowest BCUT2D eigenvalue weighted by Crippen LogP contribution is -2.37. The number of carbonyl (C=O) groups is 2. The number of hydrogen-bond acceptors (Lipinski definition) is 3. The summed E-state index contributed by atoms with van der Waals surface area (Å²) in [5.41, 5.74) is 1.26. The second-order valence-corrected chi connectivity index (χ2v) is 6.02. The molecule has 0 bridgehead atoms. The summed E-state index contributed by atoms with van der Waals surface area (Å²) in [4.78, 5) is 25.6. The van der Waals surface area contributed by atoms with Crippen molar-refractivity contribution in [3.8, 4) is 5.75 Å². The average Bonchev–Trinajstić information content (AvgIpc) is 2.59. The van der Waals surface area contributed by atoms with Crippen molar-refractivity contribution in [2.24, 2.45) is 0 Å². The normalized spacial score (nSPS) is 10.1. The Morgan fingerprint density at radius 3 is 2.42 bits per heavy atom. The highest BCUT2D eigenvalue weighted by molar-refractivity contribution is 9.10. The van der Waals surface area contributed by atoms with Gasteiger partial charge in [0.1, 0.15) is 5.75 Å². The molecule has 0 aromatic heterocycles. The highest BCUT2D eigenvalue weighted by Crippen LogP contribution is 2.27. The quantitative estimate of drug-likeness (QED) is 0.823. The van der Waals surface area contributed by atoms with Gasteiger partial charge in [0.25, 0.3) is 5.91 Å². The molecule has 126 valence electrons. The molecule has 2 rings (SSSR count). The molecule has 0 radical (unpaired) electrons. The van der Waals surface area contributed by atoms with Gasteiger partial charge in [-0.05, 0) is 36.4 Å². The van der Waals surface area contributed by atoms with Gasteiger partial charge in [0, 0.05) is 30.0 Å². The first-order valence-corrected chi connectivity index (χ1v) is 8.27. The number of hydrogen-bond donors (Lipinski definition) is 1. The van der Waals surface area contributed by atoms with Gasteiger partial charge in [-0.25, -0.2) is 0 Å². The molecule has 0 aliphatic rings. The fourth-order valence-electron chi connectivity index (χ4n) is 2.28. The van der Waals surface area contributed by atoms with Gasteiger partial charge in [-0.2, -0.15) is 0 Å². The van der Waals surface area contributed by atoms with Crippen LogP contribution in [-0.4, -0.2) is 32.0 Å². The zero-order valence-electron chi connectivity index (χ0n) is 13.6. The number of methoxy groups -OCH3 is 1. The van der Waals surface area contributed by atoms with Crippen LogP contribution in [0.25, 0.3) is 0 Å². The number of halogens is 1. The Bertz CT molecular complexity index is 716. The molecular weight excluding hydrogens is 372 g/mol. The maximum atomic E-state index is 12.1. The SMILES string of the molecule is COc1ccccc1N(CCNC(=O)c1ccc(Br)cc1)C(C)=O. The molecule has 0 heterocycles. The van der Waals surface area contributed by atoms with Crippen LogP contribution in [0.5, 0.6) is 5.75 Å². The number of anilines is 1. The number of carbonyl (C=O) groups excluding carboxylic acids is 2. The van der Waals surface area contributed by atoms with Gasteiger partial charge in [-0.1, -0.05) is 28.1 Å². The van der Waals surface area contributed by atoms with E-state index in [4.69, 9.17) is 4.74 Å². The molecule has 2 amide bonds. The Balaban J connectivity index is 2.01. The van der Waals surface area contributed by atoms with Crippen molar-refractivity contribution in [3.63, 3.8) is 0 Å². The fourth-order valence-corrected chi connectivity index (χ4v) is 2.55. The summed E-state index contributed by atoms with van der Waals surface area (Å²) < 4.78 is 6.21. The molecular formula is C18H19BrN2O3. The van der Waals surface area contributed by atoms with Crippen LogP contribution >= 0.6 is 15.9 Å². The molecule has 0 aliphatic heterocycles. The zero-order valence-corrected chi connectivity index (χ0v) is 15.2. The Morgan fingerprint density at radius 2 is 1.79 bits per heavy atom. The van der Waals surface area contributed by atoms with Crippen molar-refractivity contribution in [1.29, 1.82) is 0 Å². The number of rotatable bonds is 6. The standard InChI is InChI=1S/C18H19BrN2O3/c1-13(22)21(16-5-3-4-6-17(16)24-2)12-11-20-18(23)14-7-9-15(19)10-8-14/h3-10H,11-12H2,1-2H3,(H,20,23). The number of nitrogens with one attached hydrogen (secondary N) is 1. The second kappa shape index (κ2) is 8.49. The molecule has 1 N–H and O–H groups in total. The van der Waals surface area contributed by atoms with E-state index in [0.29, 0.717) is 30.1 Å². The monoisotopic (exact) mass is 390 g/mol. The first kappa shape index (κ1) is 18.0. The van der Waals surface area contributed by atoms with E-state index >= 15 is 0 Å². The number of ether oxygens (including phenoxy) is 1. The molecule has 0 fully saturated rings. The molecule has 2 aromatic rings. The maximum absolute atomic E-state index is 12.1. The minimum atomic E-state index is -0.175. The van der Waals surface area contributed by atoms with E-state index < -0.39 is 0 Å². The molecule has 0 saturated carbocycles. The van der Waals surface area contributed by atoms with Gasteiger partial charge in [0.05, 0.1) is 12.8 Å². The third kappa shape index (κ3) is 4.58. The maximum Gasteiger partial charge on any atom is 0.251 e. The largest absolute Gasteiger partial charge is 0.495 e. The first-order valence-electron chi connectivity index (χ1n) is 7.48. The summed E-state index contributed by atoms with van der Waals surface area (Å²) in [6.07, 6.45) is 0. The van der Waals surface area contributed by atoms with Crippen molar-refractivity contribution in [1.82, 2.24) is 5.32 Å². The van der Waals surface area contributed by atoms with Crippen LogP contribution in [0.4, 0.5) is 5.69 Å². The molecule has 0 saturated heterocycles. The Labute approximate surface area is 149 Å². The topological polar surface area (TPSA) is 58.6 Å². The molecule has 5 nitrogen and oxygen atoms in total. The predicted octanol–water partition coefficient (Wildman–Crippen LogP) is 3.24. The van der Waals surface area contributed by atoms with Gasteiger partial charge in [0.15, 0.2) is 0 Å². The van der Waals surface area contributed by atoms with Crippen LogP contribution in [0.15, 0.2) is 53.0 Å². The fraction of sp³-hybridized carbons (Fsp3) is 0.222. The number of nitrogens with zero attached hydrogens (tertiary/aromatic N) is 1. The summed E-state index contributed by atoms with van der Waals surface area (Å²) in [5.74, 6) is 0.329. The third-order valence-electron chi connectivity index (χ3n) is 3.48. The van der Waals surface area contributed by atoms with Gasteiger partial charge < -0.3 is 15.0 Å². The van der Waals surface area contributed by atoms with E-state index in [1.807, 2.05) is 30.3 Å². The lowest BCUT2D eigenvalue weighted by molar-refractivity contribution is -0.116. The average molecular weight is 391 g/mol. The summed E-state index contributed by atoms with van der Waals surface area (Å²) in [6, 6.07) is 14.4. The minimum Gasteiger partial charge on any atom is -0.495 e. The molecule has 0 unspecified atom stereocenters. The number of para-hydroxylation sites is 2. The summed E-state index contributed by atoms with van der Waals surface area (Å²) in [5, 5.41) is 2.82. The van der Waals surface area contributed by atoms with Crippen LogP contribution < -0.4 is 15.0 Å². The van der Waals surface area contributed by atoms with Crippen LogP contribution in [0.1, 0.15) is 17.3 Å². The summed E-state index contributed by atoms with van der Waals surface area (Å²) in [6.45, 7) is 2.19.